The van der Waals surface area contributed by atoms with E-state index in [2.05, 4.69) is 26.2 Å². The number of piperidine rings is 1. The van der Waals surface area contributed by atoms with Gasteiger partial charge in [0.25, 0.3) is 0 Å². The van der Waals surface area contributed by atoms with Crippen LogP contribution in [0.3, 0.4) is 0 Å². The summed E-state index contributed by atoms with van der Waals surface area (Å²) in [5.74, 6) is 3.10. The fraction of sp³-hybridized carbons (Fsp3) is 0.862. The van der Waals surface area contributed by atoms with Crippen molar-refractivity contribution in [1.29, 1.82) is 0 Å². The van der Waals surface area contributed by atoms with Crippen LogP contribution < -0.4 is 10.2 Å². The highest BCUT2D eigenvalue weighted by molar-refractivity contribution is 5.43. The smallest absolute Gasteiger partial charge is 0.224 e. The minimum Gasteiger partial charge on any atom is -0.396 e. The van der Waals surface area contributed by atoms with Crippen LogP contribution in [-0.4, -0.2) is 65.3 Å². The van der Waals surface area contributed by atoms with Gasteiger partial charge in [-0.05, 0) is 94.1 Å². The second kappa shape index (κ2) is 12.2. The highest BCUT2D eigenvalue weighted by Crippen LogP contribution is 2.52. The van der Waals surface area contributed by atoms with E-state index < -0.39 is 0 Å². The van der Waals surface area contributed by atoms with Gasteiger partial charge in [0.05, 0.1) is 0 Å². The third-order valence-corrected chi connectivity index (χ3v) is 9.57. The number of likely N-dealkylation sites (tertiary alicyclic amines) is 1. The molecule has 3 atom stereocenters. The van der Waals surface area contributed by atoms with Gasteiger partial charge < -0.3 is 20.2 Å². The van der Waals surface area contributed by atoms with Crippen LogP contribution in [0.25, 0.3) is 0 Å². The molecular weight excluding hydrogens is 434 g/mol. The first-order valence-electron chi connectivity index (χ1n) is 14.9. The van der Waals surface area contributed by atoms with Gasteiger partial charge in [0.15, 0.2) is 0 Å². The number of rotatable bonds is 8. The average Bonchev–Trinajstić information content (AvgIpc) is 3.07. The van der Waals surface area contributed by atoms with Crippen LogP contribution in [0.1, 0.15) is 96.3 Å². The predicted octanol–water partition coefficient (Wildman–Crippen LogP) is 5.48. The van der Waals surface area contributed by atoms with Gasteiger partial charge in [-0.3, -0.25) is 0 Å². The highest BCUT2D eigenvalue weighted by atomic mass is 16.3. The minimum absolute atomic E-state index is 0.332. The van der Waals surface area contributed by atoms with E-state index in [4.69, 9.17) is 4.98 Å². The zero-order valence-electron chi connectivity index (χ0n) is 22.0. The van der Waals surface area contributed by atoms with E-state index in [1.807, 2.05) is 6.20 Å². The normalized spacial score (nSPS) is 28.7. The van der Waals surface area contributed by atoms with E-state index in [1.165, 1.54) is 96.3 Å². The summed E-state index contributed by atoms with van der Waals surface area (Å²) in [6.45, 7) is 5.77. The van der Waals surface area contributed by atoms with Crippen LogP contribution in [0.5, 0.6) is 0 Å². The van der Waals surface area contributed by atoms with Gasteiger partial charge in [-0.25, -0.2) is 4.98 Å². The van der Waals surface area contributed by atoms with E-state index in [9.17, 15) is 5.11 Å². The van der Waals surface area contributed by atoms with E-state index in [-0.39, 0.29) is 0 Å². The number of hydrogen-bond acceptors (Lipinski definition) is 6. The Labute approximate surface area is 213 Å². The molecule has 3 heterocycles. The van der Waals surface area contributed by atoms with Crippen molar-refractivity contribution in [2.45, 2.75) is 102 Å². The maximum atomic E-state index is 10.2. The molecule has 2 aliphatic carbocycles. The molecule has 1 aromatic heterocycles. The number of nitrogens with one attached hydrogen (secondary N) is 1. The van der Waals surface area contributed by atoms with Crippen molar-refractivity contribution in [2.75, 3.05) is 49.5 Å². The van der Waals surface area contributed by atoms with Crippen LogP contribution in [0.15, 0.2) is 12.3 Å². The minimum atomic E-state index is 0.332. The van der Waals surface area contributed by atoms with Crippen LogP contribution in [-0.2, 0) is 0 Å². The summed E-state index contributed by atoms with van der Waals surface area (Å²) in [6, 6.07) is 2.45. The lowest BCUT2D eigenvalue weighted by Crippen LogP contribution is -2.45. The van der Waals surface area contributed by atoms with E-state index >= 15 is 0 Å². The summed E-state index contributed by atoms with van der Waals surface area (Å²) in [7, 11) is 0. The molecule has 4 aliphatic rings. The molecule has 1 spiro atoms. The zero-order valence-corrected chi connectivity index (χ0v) is 22.0. The van der Waals surface area contributed by atoms with E-state index in [1.54, 1.807) is 0 Å². The van der Waals surface area contributed by atoms with Gasteiger partial charge in [-0.2, -0.15) is 4.98 Å². The van der Waals surface area contributed by atoms with Crippen molar-refractivity contribution in [3.05, 3.63) is 12.3 Å². The van der Waals surface area contributed by atoms with Crippen molar-refractivity contribution in [2.24, 2.45) is 17.3 Å². The zero-order chi connectivity index (χ0) is 23.9. The third kappa shape index (κ3) is 6.88. The fourth-order valence-corrected chi connectivity index (χ4v) is 7.74. The number of aliphatic hydroxyl groups excluding tert-OH is 1. The van der Waals surface area contributed by atoms with Crippen LogP contribution >= 0.6 is 0 Å². The lowest BCUT2D eigenvalue weighted by Gasteiger charge is -2.36. The molecule has 6 heteroatoms. The lowest BCUT2D eigenvalue weighted by molar-refractivity contribution is 0.121. The molecule has 0 amide bonds. The Morgan fingerprint density at radius 2 is 1.77 bits per heavy atom. The number of nitrogens with zero attached hydrogens (tertiary/aromatic N) is 4. The van der Waals surface area contributed by atoms with E-state index in [0.717, 1.165) is 50.4 Å². The molecule has 5 rings (SSSR count). The van der Waals surface area contributed by atoms with Crippen molar-refractivity contribution >= 4 is 11.8 Å². The molecule has 4 fully saturated rings. The van der Waals surface area contributed by atoms with Crippen LogP contribution in [0.4, 0.5) is 11.8 Å². The SMILES string of the molecule is OC[C@H](C[C@H]1CCC2(CCCCC2)C1)CN1CCCC(Nc2nccc(N3CCCCCC3)n2)C1. The molecule has 0 aromatic carbocycles. The van der Waals surface area contributed by atoms with Gasteiger partial charge in [-0.15, -0.1) is 0 Å². The lowest BCUT2D eigenvalue weighted by atomic mass is 9.72. The van der Waals surface area contributed by atoms with Crippen LogP contribution in [0.2, 0.25) is 0 Å². The first-order chi connectivity index (χ1) is 17.2. The first kappa shape index (κ1) is 25.3. The Bertz CT molecular complexity index is 774. The molecule has 2 saturated heterocycles. The van der Waals surface area contributed by atoms with Crippen molar-refractivity contribution in [3.63, 3.8) is 0 Å². The molecule has 2 aliphatic heterocycles. The summed E-state index contributed by atoms with van der Waals surface area (Å²) in [5, 5.41) is 13.9. The average molecular weight is 484 g/mol. The van der Waals surface area contributed by atoms with Gasteiger partial charge in [0.1, 0.15) is 5.82 Å². The molecule has 6 nitrogen and oxygen atoms in total. The topological polar surface area (TPSA) is 64.5 Å². The summed E-state index contributed by atoms with van der Waals surface area (Å²) in [6.07, 6.45) is 22.2. The van der Waals surface area contributed by atoms with Gasteiger partial charge in [0.2, 0.25) is 5.95 Å². The van der Waals surface area contributed by atoms with Crippen molar-refractivity contribution in [3.8, 4) is 0 Å². The summed E-state index contributed by atoms with van der Waals surface area (Å²) in [5.41, 5.74) is 0.672. The standard InChI is InChI=1S/C29H49N5O/c35-23-25(19-24-10-14-29(20-24)12-4-3-5-13-29)21-33-16-8-9-26(22-33)31-28-30-15-11-27(32-28)34-17-6-1-2-7-18-34/h11,15,24-26,35H,1-10,12-14,16-23H2,(H,30,31,32)/t24-,25-,26?/m1/s1. The van der Waals surface area contributed by atoms with Crippen molar-refractivity contribution in [1.82, 2.24) is 14.9 Å². The maximum absolute atomic E-state index is 10.2. The molecule has 196 valence electrons. The molecule has 2 saturated carbocycles. The third-order valence-electron chi connectivity index (χ3n) is 9.57. The Kier molecular flexibility index (Phi) is 8.82. The van der Waals surface area contributed by atoms with E-state index in [0.29, 0.717) is 24.0 Å². The second-order valence-corrected chi connectivity index (χ2v) is 12.3. The predicted molar refractivity (Wildman–Crippen MR) is 144 cm³/mol. The Hall–Kier alpha value is -1.40. The number of hydrogen-bond donors (Lipinski definition) is 2. The van der Waals surface area contributed by atoms with Gasteiger partial charge in [-0.1, -0.05) is 32.1 Å². The molecule has 2 N–H and O–H groups in total. The Morgan fingerprint density at radius 1 is 0.971 bits per heavy atom. The largest absolute Gasteiger partial charge is 0.396 e. The van der Waals surface area contributed by atoms with Gasteiger partial charge in [0, 0.05) is 45.0 Å². The molecule has 0 radical (unpaired) electrons. The van der Waals surface area contributed by atoms with Crippen LogP contribution in [0, 0.1) is 17.3 Å². The molecule has 1 unspecified atom stereocenters. The Balaban J connectivity index is 1.11. The number of anilines is 2. The molecule has 35 heavy (non-hydrogen) atoms. The fourth-order valence-electron chi connectivity index (χ4n) is 7.74. The van der Waals surface area contributed by atoms with Gasteiger partial charge >= 0.3 is 0 Å². The number of aliphatic hydroxyl groups is 1. The second-order valence-electron chi connectivity index (χ2n) is 12.3. The van der Waals surface area contributed by atoms with Crippen molar-refractivity contribution < 1.29 is 5.11 Å². The monoisotopic (exact) mass is 483 g/mol. The summed E-state index contributed by atoms with van der Waals surface area (Å²) >= 11 is 0. The number of aromatic nitrogens is 2. The molecular formula is C29H49N5O. The molecule has 1 aromatic rings. The maximum Gasteiger partial charge on any atom is 0.224 e. The quantitative estimate of drug-likeness (QED) is 0.510. The first-order valence-corrected chi connectivity index (χ1v) is 14.9. The summed E-state index contributed by atoms with van der Waals surface area (Å²) in [4.78, 5) is 14.5. The highest BCUT2D eigenvalue weighted by Gasteiger charge is 2.40. The Morgan fingerprint density at radius 3 is 2.57 bits per heavy atom. The molecule has 0 bridgehead atoms. The summed E-state index contributed by atoms with van der Waals surface area (Å²) < 4.78 is 0.